The molecule has 94 valence electrons. The third kappa shape index (κ3) is 3.49. The Morgan fingerprint density at radius 2 is 2.17 bits per heavy atom. The predicted octanol–water partition coefficient (Wildman–Crippen LogP) is 2.64. The fourth-order valence-electron chi connectivity index (χ4n) is 1.67. The molecule has 0 saturated heterocycles. The van der Waals surface area contributed by atoms with Gasteiger partial charge in [-0.1, -0.05) is 17.7 Å². The molecule has 1 unspecified atom stereocenters. The largest absolute Gasteiger partial charge is 0.271 e. The minimum absolute atomic E-state index is 0.0223. The van der Waals surface area contributed by atoms with E-state index in [1.807, 2.05) is 18.3 Å². The molecule has 0 aliphatic heterocycles. The van der Waals surface area contributed by atoms with E-state index >= 15 is 0 Å². The SMILES string of the molecule is NNC(Cc1cncc(Br)c1)c1ccc(Cl)nc1. The highest BCUT2D eigenvalue weighted by molar-refractivity contribution is 9.10. The van der Waals surface area contributed by atoms with Crippen LogP contribution in [0.4, 0.5) is 0 Å². The zero-order valence-electron chi connectivity index (χ0n) is 9.48. The quantitative estimate of drug-likeness (QED) is 0.515. The highest BCUT2D eigenvalue weighted by Gasteiger charge is 2.11. The van der Waals surface area contributed by atoms with Gasteiger partial charge in [0.25, 0.3) is 0 Å². The molecule has 18 heavy (non-hydrogen) atoms. The molecule has 0 bridgehead atoms. The van der Waals surface area contributed by atoms with Crippen LogP contribution in [0.3, 0.4) is 0 Å². The number of hydrazine groups is 1. The summed E-state index contributed by atoms with van der Waals surface area (Å²) in [6.07, 6.45) is 6.02. The number of halogens is 2. The Balaban J connectivity index is 2.17. The van der Waals surface area contributed by atoms with Gasteiger partial charge in [-0.25, -0.2) is 4.98 Å². The first-order valence-corrected chi connectivity index (χ1v) is 6.53. The topological polar surface area (TPSA) is 63.8 Å². The van der Waals surface area contributed by atoms with Crippen molar-refractivity contribution >= 4 is 27.5 Å². The van der Waals surface area contributed by atoms with Gasteiger partial charge in [0.15, 0.2) is 0 Å². The summed E-state index contributed by atoms with van der Waals surface area (Å²) < 4.78 is 0.949. The second-order valence-corrected chi connectivity index (χ2v) is 5.15. The van der Waals surface area contributed by atoms with E-state index < -0.39 is 0 Å². The summed E-state index contributed by atoms with van der Waals surface area (Å²) in [6, 6.07) is 5.65. The van der Waals surface area contributed by atoms with Crippen LogP contribution in [0.2, 0.25) is 5.15 Å². The number of nitrogens with one attached hydrogen (secondary N) is 1. The van der Waals surface area contributed by atoms with Crippen LogP contribution in [0.1, 0.15) is 17.2 Å². The van der Waals surface area contributed by atoms with Gasteiger partial charge in [0.2, 0.25) is 0 Å². The Morgan fingerprint density at radius 1 is 1.33 bits per heavy atom. The summed E-state index contributed by atoms with van der Waals surface area (Å²) in [5.41, 5.74) is 4.85. The molecule has 6 heteroatoms. The van der Waals surface area contributed by atoms with Crippen molar-refractivity contribution in [3.05, 3.63) is 57.5 Å². The highest BCUT2D eigenvalue weighted by atomic mass is 79.9. The van der Waals surface area contributed by atoms with E-state index in [4.69, 9.17) is 17.4 Å². The van der Waals surface area contributed by atoms with E-state index in [2.05, 4.69) is 31.3 Å². The van der Waals surface area contributed by atoms with Crippen molar-refractivity contribution < 1.29 is 0 Å². The maximum Gasteiger partial charge on any atom is 0.129 e. The van der Waals surface area contributed by atoms with Crippen LogP contribution in [-0.4, -0.2) is 9.97 Å². The summed E-state index contributed by atoms with van der Waals surface area (Å²) in [7, 11) is 0. The Morgan fingerprint density at radius 3 is 2.78 bits per heavy atom. The van der Waals surface area contributed by atoms with Crippen LogP contribution in [0, 0.1) is 0 Å². The lowest BCUT2D eigenvalue weighted by molar-refractivity contribution is 0.549. The lowest BCUT2D eigenvalue weighted by Crippen LogP contribution is -2.29. The molecule has 0 amide bonds. The van der Waals surface area contributed by atoms with Crippen LogP contribution in [0.5, 0.6) is 0 Å². The van der Waals surface area contributed by atoms with Crippen LogP contribution in [0.25, 0.3) is 0 Å². The van der Waals surface area contributed by atoms with Crippen LogP contribution >= 0.6 is 27.5 Å². The molecular formula is C12H12BrClN4. The zero-order valence-corrected chi connectivity index (χ0v) is 11.8. The van der Waals surface area contributed by atoms with E-state index in [0.29, 0.717) is 5.15 Å². The van der Waals surface area contributed by atoms with E-state index in [9.17, 15) is 0 Å². The number of aromatic nitrogens is 2. The van der Waals surface area contributed by atoms with Gasteiger partial charge in [-0.15, -0.1) is 0 Å². The minimum atomic E-state index is -0.0223. The van der Waals surface area contributed by atoms with Gasteiger partial charge in [0.05, 0.1) is 6.04 Å². The fourth-order valence-corrected chi connectivity index (χ4v) is 2.19. The maximum absolute atomic E-state index is 5.76. The van der Waals surface area contributed by atoms with Crippen LogP contribution in [-0.2, 0) is 6.42 Å². The molecular weight excluding hydrogens is 316 g/mol. The van der Waals surface area contributed by atoms with E-state index in [0.717, 1.165) is 22.0 Å². The van der Waals surface area contributed by atoms with Crippen LogP contribution in [0.15, 0.2) is 41.3 Å². The number of nitrogens with zero attached hydrogens (tertiary/aromatic N) is 2. The lowest BCUT2D eigenvalue weighted by atomic mass is 10.0. The molecule has 0 radical (unpaired) electrons. The average molecular weight is 328 g/mol. The van der Waals surface area contributed by atoms with Crippen molar-refractivity contribution in [1.29, 1.82) is 0 Å². The van der Waals surface area contributed by atoms with Gasteiger partial charge in [-0.05, 0) is 45.6 Å². The van der Waals surface area contributed by atoms with Gasteiger partial charge in [0, 0.05) is 23.1 Å². The number of hydrogen-bond donors (Lipinski definition) is 2. The fraction of sp³-hybridized carbons (Fsp3) is 0.167. The molecule has 2 aromatic rings. The molecule has 0 saturated carbocycles. The maximum atomic E-state index is 5.76. The Kier molecular flexibility index (Phi) is 4.66. The molecule has 3 N–H and O–H groups in total. The number of nitrogens with two attached hydrogens (primary N) is 1. The minimum Gasteiger partial charge on any atom is -0.271 e. The van der Waals surface area contributed by atoms with E-state index in [1.54, 1.807) is 18.5 Å². The first kappa shape index (κ1) is 13.4. The second-order valence-electron chi connectivity index (χ2n) is 3.85. The molecule has 0 aromatic carbocycles. The second kappa shape index (κ2) is 6.24. The molecule has 0 fully saturated rings. The number of pyridine rings is 2. The highest BCUT2D eigenvalue weighted by Crippen LogP contribution is 2.19. The zero-order chi connectivity index (χ0) is 13.0. The summed E-state index contributed by atoms with van der Waals surface area (Å²) >= 11 is 9.16. The molecule has 0 aliphatic carbocycles. The Bertz CT molecular complexity index is 518. The van der Waals surface area contributed by atoms with Crippen molar-refractivity contribution in [2.75, 3.05) is 0 Å². The van der Waals surface area contributed by atoms with Gasteiger partial charge >= 0.3 is 0 Å². The smallest absolute Gasteiger partial charge is 0.129 e. The molecule has 0 spiro atoms. The molecule has 2 heterocycles. The molecule has 1 atom stereocenters. The van der Waals surface area contributed by atoms with Gasteiger partial charge < -0.3 is 0 Å². The Hall–Kier alpha value is -1.01. The van der Waals surface area contributed by atoms with Crippen molar-refractivity contribution in [2.24, 2.45) is 5.84 Å². The normalized spacial score (nSPS) is 12.4. The standard InChI is InChI=1S/C12H12BrClN4/c13-10-3-8(5-16-7-10)4-11(18-15)9-1-2-12(14)17-6-9/h1-3,5-7,11,18H,4,15H2. The van der Waals surface area contributed by atoms with Crippen molar-refractivity contribution in [3.63, 3.8) is 0 Å². The first-order chi connectivity index (χ1) is 8.69. The number of hydrogen-bond acceptors (Lipinski definition) is 4. The Labute approximate surface area is 119 Å². The summed E-state index contributed by atoms with van der Waals surface area (Å²) in [4.78, 5) is 8.18. The van der Waals surface area contributed by atoms with Gasteiger partial charge in [-0.3, -0.25) is 16.3 Å². The summed E-state index contributed by atoms with van der Waals surface area (Å²) in [5, 5.41) is 0.471. The summed E-state index contributed by atoms with van der Waals surface area (Å²) in [5.74, 6) is 5.59. The molecule has 2 aromatic heterocycles. The van der Waals surface area contributed by atoms with Crippen molar-refractivity contribution in [1.82, 2.24) is 15.4 Å². The monoisotopic (exact) mass is 326 g/mol. The molecule has 0 aliphatic rings. The average Bonchev–Trinajstić information content (AvgIpc) is 2.37. The van der Waals surface area contributed by atoms with Gasteiger partial charge in [0.1, 0.15) is 5.15 Å². The van der Waals surface area contributed by atoms with Gasteiger partial charge in [-0.2, -0.15) is 0 Å². The predicted molar refractivity (Wildman–Crippen MR) is 75.0 cm³/mol. The third-order valence-corrected chi connectivity index (χ3v) is 3.21. The first-order valence-electron chi connectivity index (χ1n) is 5.36. The lowest BCUT2D eigenvalue weighted by Gasteiger charge is -2.16. The number of rotatable bonds is 4. The third-order valence-electron chi connectivity index (χ3n) is 2.56. The van der Waals surface area contributed by atoms with E-state index in [1.165, 1.54) is 0 Å². The van der Waals surface area contributed by atoms with Crippen LogP contribution < -0.4 is 11.3 Å². The van der Waals surface area contributed by atoms with E-state index in [-0.39, 0.29) is 6.04 Å². The summed E-state index contributed by atoms with van der Waals surface area (Å²) in [6.45, 7) is 0. The molecule has 2 rings (SSSR count). The molecule has 4 nitrogen and oxygen atoms in total. The van der Waals surface area contributed by atoms with Crippen molar-refractivity contribution in [3.8, 4) is 0 Å². The van der Waals surface area contributed by atoms with Crippen molar-refractivity contribution in [2.45, 2.75) is 12.5 Å².